The number of amides is 3. The third kappa shape index (κ3) is 5.50. The Labute approximate surface area is 158 Å². The van der Waals surface area contributed by atoms with Crippen molar-refractivity contribution in [3.8, 4) is 11.5 Å². The lowest BCUT2D eigenvalue weighted by molar-refractivity contribution is -0.131. The van der Waals surface area contributed by atoms with Crippen LogP contribution in [-0.2, 0) is 9.53 Å². The molecular weight excluding hydrogens is 354 g/mol. The van der Waals surface area contributed by atoms with Crippen molar-refractivity contribution in [1.29, 1.82) is 0 Å². The SMILES string of the molecule is CCOC(=O)N1CCN(C(=O)CNC(=O)c2cc(OC)cc(OC)c2)CC1. The van der Waals surface area contributed by atoms with E-state index in [0.717, 1.165) is 0 Å². The molecular formula is C18H25N3O6. The second-order valence-corrected chi connectivity index (χ2v) is 5.85. The molecule has 9 nitrogen and oxygen atoms in total. The summed E-state index contributed by atoms with van der Waals surface area (Å²) >= 11 is 0. The molecule has 2 rings (SSSR count). The zero-order valence-corrected chi connectivity index (χ0v) is 15.8. The minimum atomic E-state index is -0.397. The van der Waals surface area contributed by atoms with Crippen molar-refractivity contribution in [2.45, 2.75) is 6.92 Å². The summed E-state index contributed by atoms with van der Waals surface area (Å²) in [7, 11) is 2.99. The number of carbonyl (C=O) groups excluding carboxylic acids is 3. The van der Waals surface area contributed by atoms with Crippen LogP contribution in [0.5, 0.6) is 11.5 Å². The molecule has 0 saturated carbocycles. The molecule has 1 fully saturated rings. The molecule has 1 heterocycles. The molecule has 1 aliphatic rings. The lowest BCUT2D eigenvalue weighted by atomic mass is 10.2. The lowest BCUT2D eigenvalue weighted by Gasteiger charge is -2.34. The Bertz CT molecular complexity index is 663. The molecule has 3 amide bonds. The van der Waals surface area contributed by atoms with E-state index in [0.29, 0.717) is 49.8 Å². The van der Waals surface area contributed by atoms with Gasteiger partial charge in [-0.3, -0.25) is 9.59 Å². The second kappa shape index (κ2) is 9.65. The van der Waals surface area contributed by atoms with Crippen LogP contribution in [0.4, 0.5) is 4.79 Å². The second-order valence-electron chi connectivity index (χ2n) is 5.85. The van der Waals surface area contributed by atoms with E-state index < -0.39 is 5.91 Å². The third-order valence-corrected chi connectivity index (χ3v) is 4.17. The average molecular weight is 379 g/mol. The molecule has 0 spiro atoms. The molecule has 1 aliphatic heterocycles. The first-order chi connectivity index (χ1) is 13.0. The molecule has 1 N–H and O–H groups in total. The minimum Gasteiger partial charge on any atom is -0.497 e. The van der Waals surface area contributed by atoms with Crippen molar-refractivity contribution in [3.05, 3.63) is 23.8 Å². The molecule has 0 atom stereocenters. The highest BCUT2D eigenvalue weighted by molar-refractivity contribution is 5.97. The van der Waals surface area contributed by atoms with Crippen molar-refractivity contribution >= 4 is 17.9 Å². The van der Waals surface area contributed by atoms with E-state index >= 15 is 0 Å². The van der Waals surface area contributed by atoms with E-state index in [-0.39, 0.29) is 18.5 Å². The summed E-state index contributed by atoms with van der Waals surface area (Å²) in [5, 5.41) is 2.61. The van der Waals surface area contributed by atoms with E-state index in [2.05, 4.69) is 5.32 Å². The fraction of sp³-hybridized carbons (Fsp3) is 0.500. The van der Waals surface area contributed by atoms with Gasteiger partial charge in [0.2, 0.25) is 5.91 Å². The smallest absolute Gasteiger partial charge is 0.409 e. The number of rotatable bonds is 6. The first kappa shape index (κ1) is 20.3. The van der Waals surface area contributed by atoms with Crippen LogP contribution in [-0.4, -0.2) is 81.3 Å². The van der Waals surface area contributed by atoms with Gasteiger partial charge in [0, 0.05) is 37.8 Å². The zero-order valence-electron chi connectivity index (χ0n) is 15.8. The Morgan fingerprint density at radius 2 is 1.52 bits per heavy atom. The van der Waals surface area contributed by atoms with Crippen LogP contribution in [0.15, 0.2) is 18.2 Å². The minimum absolute atomic E-state index is 0.127. The van der Waals surface area contributed by atoms with Gasteiger partial charge >= 0.3 is 6.09 Å². The van der Waals surface area contributed by atoms with Gasteiger partial charge in [0.15, 0.2) is 0 Å². The molecule has 1 aromatic carbocycles. The van der Waals surface area contributed by atoms with Crippen LogP contribution < -0.4 is 14.8 Å². The monoisotopic (exact) mass is 379 g/mol. The number of hydrogen-bond acceptors (Lipinski definition) is 6. The number of hydrogen-bond donors (Lipinski definition) is 1. The highest BCUT2D eigenvalue weighted by Gasteiger charge is 2.25. The molecule has 1 saturated heterocycles. The summed E-state index contributed by atoms with van der Waals surface area (Å²) in [5.74, 6) is 0.370. The number of methoxy groups -OCH3 is 2. The highest BCUT2D eigenvalue weighted by atomic mass is 16.6. The molecule has 0 aromatic heterocycles. The first-order valence-corrected chi connectivity index (χ1v) is 8.69. The Hall–Kier alpha value is -2.97. The summed E-state index contributed by atoms with van der Waals surface area (Å²) in [5.41, 5.74) is 0.339. The fourth-order valence-corrected chi connectivity index (χ4v) is 2.66. The average Bonchev–Trinajstić information content (AvgIpc) is 2.71. The van der Waals surface area contributed by atoms with E-state index in [1.807, 2.05) is 0 Å². The number of nitrogens with zero attached hydrogens (tertiary/aromatic N) is 2. The quantitative estimate of drug-likeness (QED) is 0.783. The maximum Gasteiger partial charge on any atom is 0.409 e. The highest BCUT2D eigenvalue weighted by Crippen LogP contribution is 2.22. The van der Waals surface area contributed by atoms with Gasteiger partial charge in [0.25, 0.3) is 5.91 Å². The summed E-state index contributed by atoms with van der Waals surface area (Å²) in [6, 6.07) is 4.80. The number of piperazine rings is 1. The lowest BCUT2D eigenvalue weighted by Crippen LogP contribution is -2.52. The molecule has 0 aliphatic carbocycles. The Balaban J connectivity index is 1.85. The van der Waals surface area contributed by atoms with Gasteiger partial charge in [0.1, 0.15) is 11.5 Å². The predicted molar refractivity (Wildman–Crippen MR) is 97.1 cm³/mol. The van der Waals surface area contributed by atoms with E-state index in [4.69, 9.17) is 14.2 Å². The van der Waals surface area contributed by atoms with Crippen molar-refractivity contribution in [1.82, 2.24) is 15.1 Å². The first-order valence-electron chi connectivity index (χ1n) is 8.69. The summed E-state index contributed by atoms with van der Waals surface area (Å²) < 4.78 is 15.2. The molecule has 9 heteroatoms. The Kier molecular flexibility index (Phi) is 7.27. The summed E-state index contributed by atoms with van der Waals surface area (Å²) in [6.07, 6.45) is -0.370. The number of benzene rings is 1. The molecule has 1 aromatic rings. The summed E-state index contributed by atoms with van der Waals surface area (Å²) in [6.45, 7) is 3.56. The molecule has 27 heavy (non-hydrogen) atoms. The van der Waals surface area contributed by atoms with Gasteiger partial charge in [-0.15, -0.1) is 0 Å². The van der Waals surface area contributed by atoms with E-state index in [1.165, 1.54) is 14.2 Å². The van der Waals surface area contributed by atoms with Gasteiger partial charge in [0.05, 0.1) is 27.4 Å². The predicted octanol–water partition coefficient (Wildman–Crippen LogP) is 0.734. The van der Waals surface area contributed by atoms with Crippen LogP contribution in [0.2, 0.25) is 0 Å². The van der Waals surface area contributed by atoms with Gasteiger partial charge < -0.3 is 29.3 Å². The van der Waals surface area contributed by atoms with Crippen LogP contribution in [0.25, 0.3) is 0 Å². The van der Waals surface area contributed by atoms with Crippen molar-refractivity contribution < 1.29 is 28.6 Å². The van der Waals surface area contributed by atoms with E-state index in [1.54, 1.807) is 34.9 Å². The van der Waals surface area contributed by atoms with Crippen LogP contribution in [0.3, 0.4) is 0 Å². The topological polar surface area (TPSA) is 97.4 Å². The Morgan fingerprint density at radius 3 is 2.04 bits per heavy atom. The number of nitrogens with one attached hydrogen (secondary N) is 1. The van der Waals surface area contributed by atoms with E-state index in [9.17, 15) is 14.4 Å². The van der Waals surface area contributed by atoms with Crippen molar-refractivity contribution in [2.75, 3.05) is 53.6 Å². The molecule has 0 radical (unpaired) electrons. The van der Waals surface area contributed by atoms with Crippen LogP contribution in [0, 0.1) is 0 Å². The standard InChI is InChI=1S/C18H25N3O6/c1-4-27-18(24)21-7-5-20(6-8-21)16(22)12-19-17(23)13-9-14(25-2)11-15(10-13)26-3/h9-11H,4-8,12H2,1-3H3,(H,19,23). The number of carbonyl (C=O) groups is 3. The van der Waals surface area contributed by atoms with Crippen LogP contribution in [0.1, 0.15) is 17.3 Å². The molecule has 0 bridgehead atoms. The summed E-state index contributed by atoms with van der Waals surface area (Å²) in [4.78, 5) is 39.5. The normalized spacial score (nSPS) is 13.7. The molecule has 0 unspecified atom stereocenters. The van der Waals surface area contributed by atoms with Crippen LogP contribution >= 0.6 is 0 Å². The third-order valence-electron chi connectivity index (χ3n) is 4.17. The van der Waals surface area contributed by atoms with Gasteiger partial charge in [-0.2, -0.15) is 0 Å². The van der Waals surface area contributed by atoms with Gasteiger partial charge in [-0.05, 0) is 19.1 Å². The fourth-order valence-electron chi connectivity index (χ4n) is 2.66. The van der Waals surface area contributed by atoms with Crippen molar-refractivity contribution in [2.24, 2.45) is 0 Å². The Morgan fingerprint density at radius 1 is 0.963 bits per heavy atom. The zero-order chi connectivity index (χ0) is 19.8. The largest absolute Gasteiger partial charge is 0.497 e. The van der Waals surface area contributed by atoms with Crippen molar-refractivity contribution in [3.63, 3.8) is 0 Å². The molecule has 148 valence electrons. The maximum atomic E-state index is 12.3. The van der Waals surface area contributed by atoms with Gasteiger partial charge in [-0.25, -0.2) is 4.79 Å². The van der Waals surface area contributed by atoms with Gasteiger partial charge in [-0.1, -0.05) is 0 Å². The number of ether oxygens (including phenoxy) is 3. The maximum absolute atomic E-state index is 12.3.